The van der Waals surface area contributed by atoms with E-state index in [9.17, 15) is 9.18 Å². The molecule has 1 saturated heterocycles. The Hall–Kier alpha value is -2.15. The second-order valence-electron chi connectivity index (χ2n) is 6.62. The van der Waals surface area contributed by atoms with Crippen LogP contribution in [0.2, 0.25) is 0 Å². The molecular formula is C21H27ClFN3O2. The van der Waals surface area contributed by atoms with Crippen molar-refractivity contribution in [3.8, 4) is 16.9 Å². The smallest absolute Gasteiger partial charge is 0.254 e. The molecule has 1 fully saturated rings. The Kier molecular flexibility index (Phi) is 8.70. The molecule has 2 aromatic carbocycles. The average molecular weight is 408 g/mol. The number of benzene rings is 2. The van der Waals surface area contributed by atoms with Crippen LogP contribution >= 0.6 is 12.4 Å². The molecular weight excluding hydrogens is 381 g/mol. The van der Waals surface area contributed by atoms with E-state index in [1.165, 1.54) is 6.07 Å². The number of piperazine rings is 1. The Morgan fingerprint density at radius 2 is 1.82 bits per heavy atom. The van der Waals surface area contributed by atoms with Crippen molar-refractivity contribution in [2.45, 2.75) is 6.42 Å². The monoisotopic (exact) mass is 407 g/mol. The number of hydrogen-bond acceptors (Lipinski definition) is 4. The van der Waals surface area contributed by atoms with Crippen molar-refractivity contribution in [3.05, 3.63) is 53.8 Å². The van der Waals surface area contributed by atoms with Gasteiger partial charge in [-0.1, -0.05) is 18.2 Å². The Morgan fingerprint density at radius 1 is 1.14 bits per heavy atom. The molecule has 152 valence electrons. The third kappa shape index (κ3) is 5.92. The van der Waals surface area contributed by atoms with Gasteiger partial charge in [0.05, 0.1) is 12.7 Å². The summed E-state index contributed by atoms with van der Waals surface area (Å²) >= 11 is 0. The molecule has 0 atom stereocenters. The molecule has 5 nitrogen and oxygen atoms in total. The summed E-state index contributed by atoms with van der Waals surface area (Å²) in [4.78, 5) is 14.6. The number of halogens is 2. The molecule has 1 aliphatic heterocycles. The molecule has 0 aromatic heterocycles. The van der Waals surface area contributed by atoms with Crippen molar-refractivity contribution in [3.63, 3.8) is 0 Å². The van der Waals surface area contributed by atoms with Crippen molar-refractivity contribution in [1.29, 1.82) is 0 Å². The van der Waals surface area contributed by atoms with E-state index in [2.05, 4.69) is 15.5 Å². The molecule has 0 radical (unpaired) electrons. The normalized spacial score (nSPS) is 14.2. The van der Waals surface area contributed by atoms with Gasteiger partial charge in [-0.15, -0.1) is 12.4 Å². The second-order valence-corrected chi connectivity index (χ2v) is 6.62. The molecule has 0 unspecified atom stereocenters. The first-order valence-corrected chi connectivity index (χ1v) is 9.32. The zero-order valence-electron chi connectivity index (χ0n) is 16.0. The van der Waals surface area contributed by atoms with Crippen LogP contribution in [0.25, 0.3) is 11.1 Å². The average Bonchev–Trinajstić information content (AvgIpc) is 2.72. The van der Waals surface area contributed by atoms with Gasteiger partial charge in [0.25, 0.3) is 5.91 Å². The highest BCUT2D eigenvalue weighted by Gasteiger charge is 2.13. The molecule has 7 heteroatoms. The van der Waals surface area contributed by atoms with Crippen LogP contribution in [0.1, 0.15) is 16.8 Å². The van der Waals surface area contributed by atoms with E-state index in [-0.39, 0.29) is 23.9 Å². The van der Waals surface area contributed by atoms with Crippen molar-refractivity contribution < 1.29 is 13.9 Å². The van der Waals surface area contributed by atoms with Crippen molar-refractivity contribution in [2.75, 3.05) is 46.4 Å². The summed E-state index contributed by atoms with van der Waals surface area (Å²) in [6.07, 6.45) is 0.858. The van der Waals surface area contributed by atoms with E-state index in [1.54, 1.807) is 19.2 Å². The predicted octanol–water partition coefficient (Wildman–Crippen LogP) is 2.95. The standard InChI is InChI=1S/C21H26FN3O2.ClH/c1-27-18-6-3-16(4-7-18)17-5-8-19(20(22)15-17)21(26)24-9-2-12-25-13-10-23-11-14-25;/h3-8,15,23H,2,9-14H2,1H3,(H,24,26);1H. The predicted molar refractivity (Wildman–Crippen MR) is 112 cm³/mol. The van der Waals surface area contributed by atoms with Crippen LogP contribution in [0.4, 0.5) is 4.39 Å². The first-order valence-electron chi connectivity index (χ1n) is 9.32. The second kappa shape index (κ2) is 11.0. The summed E-state index contributed by atoms with van der Waals surface area (Å²) in [6, 6.07) is 12.1. The number of nitrogens with zero attached hydrogens (tertiary/aromatic N) is 1. The summed E-state index contributed by atoms with van der Waals surface area (Å²) in [5.74, 6) is -0.131. The van der Waals surface area contributed by atoms with Gasteiger partial charge in [0, 0.05) is 32.7 Å². The highest BCUT2D eigenvalue weighted by atomic mass is 35.5. The van der Waals surface area contributed by atoms with E-state index in [4.69, 9.17) is 4.74 Å². The Bertz CT molecular complexity index is 765. The van der Waals surface area contributed by atoms with Gasteiger partial charge >= 0.3 is 0 Å². The van der Waals surface area contributed by atoms with Crippen LogP contribution < -0.4 is 15.4 Å². The maximum atomic E-state index is 14.4. The van der Waals surface area contributed by atoms with Gasteiger partial charge in [-0.05, 0) is 48.4 Å². The van der Waals surface area contributed by atoms with Crippen LogP contribution in [-0.2, 0) is 0 Å². The van der Waals surface area contributed by atoms with E-state index >= 15 is 0 Å². The highest BCUT2D eigenvalue weighted by Crippen LogP contribution is 2.24. The molecule has 1 amide bonds. The summed E-state index contributed by atoms with van der Waals surface area (Å²) < 4.78 is 19.6. The lowest BCUT2D eigenvalue weighted by Gasteiger charge is -2.27. The van der Waals surface area contributed by atoms with E-state index in [0.29, 0.717) is 6.54 Å². The van der Waals surface area contributed by atoms with Crippen molar-refractivity contribution in [1.82, 2.24) is 15.5 Å². The maximum Gasteiger partial charge on any atom is 0.254 e. The summed E-state index contributed by atoms with van der Waals surface area (Å²) in [7, 11) is 1.60. The number of ether oxygens (including phenoxy) is 1. The van der Waals surface area contributed by atoms with Crippen LogP contribution in [0.3, 0.4) is 0 Å². The van der Waals surface area contributed by atoms with Crippen molar-refractivity contribution >= 4 is 18.3 Å². The quantitative estimate of drug-likeness (QED) is 0.693. The number of amides is 1. The lowest BCUT2D eigenvalue weighted by molar-refractivity contribution is 0.0947. The largest absolute Gasteiger partial charge is 0.497 e. The van der Waals surface area contributed by atoms with Gasteiger partial charge < -0.3 is 20.3 Å². The first kappa shape index (κ1) is 22.1. The minimum absolute atomic E-state index is 0. The fraction of sp³-hybridized carbons (Fsp3) is 0.381. The van der Waals surface area contributed by atoms with Gasteiger partial charge in [-0.25, -0.2) is 4.39 Å². The number of rotatable bonds is 7. The fourth-order valence-electron chi connectivity index (χ4n) is 3.20. The number of hydrogen-bond donors (Lipinski definition) is 2. The van der Waals surface area contributed by atoms with Gasteiger partial charge in [-0.2, -0.15) is 0 Å². The van der Waals surface area contributed by atoms with Gasteiger partial charge in [0.2, 0.25) is 0 Å². The zero-order chi connectivity index (χ0) is 19.1. The maximum absolute atomic E-state index is 14.4. The third-order valence-corrected chi connectivity index (χ3v) is 4.78. The van der Waals surface area contributed by atoms with Crippen LogP contribution in [0.5, 0.6) is 5.75 Å². The van der Waals surface area contributed by atoms with Crippen molar-refractivity contribution in [2.24, 2.45) is 0 Å². The number of methoxy groups -OCH3 is 1. The molecule has 2 N–H and O–H groups in total. The fourth-order valence-corrected chi connectivity index (χ4v) is 3.20. The van der Waals surface area contributed by atoms with Gasteiger partial charge in [-0.3, -0.25) is 4.79 Å². The Labute approximate surface area is 171 Å². The highest BCUT2D eigenvalue weighted by molar-refractivity contribution is 5.95. The molecule has 0 saturated carbocycles. The van der Waals surface area contributed by atoms with Crippen LogP contribution in [-0.4, -0.2) is 57.2 Å². The molecule has 2 aromatic rings. The van der Waals surface area contributed by atoms with E-state index < -0.39 is 5.82 Å². The van der Waals surface area contributed by atoms with Crippen LogP contribution in [0, 0.1) is 5.82 Å². The van der Waals surface area contributed by atoms with E-state index in [1.807, 2.05) is 24.3 Å². The molecule has 1 heterocycles. The molecule has 0 aliphatic carbocycles. The van der Waals surface area contributed by atoms with Gasteiger partial charge in [0.15, 0.2) is 0 Å². The number of carbonyl (C=O) groups is 1. The lowest BCUT2D eigenvalue weighted by atomic mass is 10.0. The minimum Gasteiger partial charge on any atom is -0.497 e. The Morgan fingerprint density at radius 3 is 2.46 bits per heavy atom. The summed E-state index contributed by atoms with van der Waals surface area (Å²) in [5, 5.41) is 6.13. The molecule has 0 bridgehead atoms. The Balaban J connectivity index is 0.00000280. The third-order valence-electron chi connectivity index (χ3n) is 4.78. The number of nitrogens with one attached hydrogen (secondary N) is 2. The SMILES string of the molecule is COc1ccc(-c2ccc(C(=O)NCCCN3CCNCC3)c(F)c2)cc1.Cl. The molecule has 0 spiro atoms. The van der Waals surface area contributed by atoms with Gasteiger partial charge in [0.1, 0.15) is 11.6 Å². The zero-order valence-corrected chi connectivity index (χ0v) is 16.9. The minimum atomic E-state index is -0.511. The van der Waals surface area contributed by atoms with Crippen LogP contribution in [0.15, 0.2) is 42.5 Å². The lowest BCUT2D eigenvalue weighted by Crippen LogP contribution is -2.44. The number of carbonyl (C=O) groups excluding carboxylic acids is 1. The molecule has 28 heavy (non-hydrogen) atoms. The first-order chi connectivity index (χ1) is 13.2. The summed E-state index contributed by atoms with van der Waals surface area (Å²) in [6.45, 7) is 5.59. The topological polar surface area (TPSA) is 53.6 Å². The molecule has 1 aliphatic rings. The summed E-state index contributed by atoms with van der Waals surface area (Å²) in [5.41, 5.74) is 1.68. The van der Waals surface area contributed by atoms with E-state index in [0.717, 1.165) is 56.0 Å². The molecule has 3 rings (SSSR count).